The minimum atomic E-state index is -3.44. The highest BCUT2D eigenvalue weighted by atomic mass is 32.2. The van der Waals surface area contributed by atoms with Crippen LogP contribution in [0.25, 0.3) is 0 Å². The molecule has 0 radical (unpaired) electrons. The van der Waals surface area contributed by atoms with E-state index in [2.05, 4.69) is 4.40 Å². The zero-order valence-electron chi connectivity index (χ0n) is 11.6. The first kappa shape index (κ1) is 15.2. The predicted molar refractivity (Wildman–Crippen MR) is 75.0 cm³/mol. The van der Waals surface area contributed by atoms with Crippen LogP contribution < -0.4 is 0 Å². The fourth-order valence-electron chi connectivity index (χ4n) is 1.87. The lowest BCUT2D eigenvalue weighted by Crippen LogP contribution is -2.42. The fraction of sp³-hybridized carbons (Fsp3) is 0.417. The number of carboxylic acid groups (broad SMARTS) is 1. The number of amides is 1. The Bertz CT molecular complexity index is 677. The van der Waals surface area contributed by atoms with Crippen LogP contribution in [0.15, 0.2) is 28.3 Å². The minimum Gasteiger partial charge on any atom is -0.480 e. The number of carboxylic acids is 1. The molecule has 1 N–H and O–H groups in total. The third-order valence-corrected chi connectivity index (χ3v) is 4.49. The third kappa shape index (κ3) is 3.13. The number of hydrogen-bond acceptors (Lipinski definition) is 5. The molecule has 1 amide bonds. The highest BCUT2D eigenvalue weighted by Crippen LogP contribution is 2.17. The molecule has 8 nitrogen and oxygen atoms in total. The van der Waals surface area contributed by atoms with E-state index in [1.165, 1.54) is 32.3 Å². The Morgan fingerprint density at radius 2 is 2.10 bits per heavy atom. The summed E-state index contributed by atoms with van der Waals surface area (Å²) >= 11 is 0. The Kier molecular flexibility index (Phi) is 3.86. The van der Waals surface area contributed by atoms with Gasteiger partial charge in [-0.25, -0.2) is 13.2 Å². The molecule has 2 rings (SSSR count). The van der Waals surface area contributed by atoms with Gasteiger partial charge in [-0.2, -0.15) is 0 Å². The van der Waals surface area contributed by atoms with Gasteiger partial charge in [-0.3, -0.25) is 4.79 Å². The zero-order chi connectivity index (χ0) is 15.8. The van der Waals surface area contributed by atoms with Crippen LogP contribution in [-0.4, -0.2) is 66.4 Å². The number of carbonyl (C=O) groups excluding carboxylic acids is 1. The standard InChI is InChI=1S/C12H15N3O5S/c1-8(12(17)18)14(2)11(16)9-3-4-10-13-21(19,20)6-5-15(10)7-9/h3-4,7-8H,5-6H2,1-2H3,(H,17,18). The number of nitrogens with zero attached hydrogens (tertiary/aromatic N) is 3. The van der Waals surface area contributed by atoms with E-state index in [1.54, 1.807) is 4.90 Å². The van der Waals surface area contributed by atoms with Crippen LogP contribution in [0.1, 0.15) is 6.92 Å². The summed E-state index contributed by atoms with van der Waals surface area (Å²) in [4.78, 5) is 25.8. The molecule has 0 bridgehead atoms. The number of aliphatic carboxylic acids is 1. The summed E-state index contributed by atoms with van der Waals surface area (Å²) in [6, 6.07) is -0.955. The first-order chi connectivity index (χ1) is 9.71. The van der Waals surface area contributed by atoms with Crippen LogP contribution in [0.3, 0.4) is 0 Å². The van der Waals surface area contributed by atoms with Gasteiger partial charge in [0.2, 0.25) is 0 Å². The van der Waals surface area contributed by atoms with E-state index in [-0.39, 0.29) is 23.7 Å². The van der Waals surface area contributed by atoms with Gasteiger partial charge in [-0.15, -0.1) is 4.40 Å². The van der Waals surface area contributed by atoms with Gasteiger partial charge in [0.15, 0.2) is 0 Å². The van der Waals surface area contributed by atoms with Crippen molar-refractivity contribution in [2.45, 2.75) is 13.0 Å². The number of sulfonamides is 1. The second kappa shape index (κ2) is 5.32. The SMILES string of the molecule is CC(C(=O)O)N(C)C(=O)C1=CN2CCS(=O)(=O)N=C2C=C1. The fourth-order valence-corrected chi connectivity index (χ4v) is 2.84. The molecule has 9 heteroatoms. The van der Waals surface area contributed by atoms with E-state index < -0.39 is 27.9 Å². The van der Waals surface area contributed by atoms with Crippen LogP contribution in [0.5, 0.6) is 0 Å². The van der Waals surface area contributed by atoms with Gasteiger partial charge in [0.25, 0.3) is 15.9 Å². The molecule has 0 aromatic heterocycles. The third-order valence-electron chi connectivity index (χ3n) is 3.33. The molecule has 0 saturated carbocycles. The molecule has 0 aromatic rings. The highest BCUT2D eigenvalue weighted by Gasteiger charge is 2.28. The monoisotopic (exact) mass is 313 g/mol. The molecule has 1 atom stereocenters. The van der Waals surface area contributed by atoms with Crippen LogP contribution in [-0.2, 0) is 19.6 Å². The molecule has 0 spiro atoms. The summed E-state index contributed by atoms with van der Waals surface area (Å²) in [5.74, 6) is -1.41. The maximum Gasteiger partial charge on any atom is 0.326 e. The van der Waals surface area contributed by atoms with Crippen LogP contribution >= 0.6 is 0 Å². The second-order valence-electron chi connectivity index (χ2n) is 4.78. The van der Waals surface area contributed by atoms with Crippen LogP contribution in [0, 0.1) is 0 Å². The maximum atomic E-state index is 12.2. The molecular weight excluding hydrogens is 298 g/mol. The summed E-state index contributed by atoms with van der Waals surface area (Å²) in [7, 11) is -2.04. The van der Waals surface area contributed by atoms with Crippen molar-refractivity contribution < 1.29 is 23.1 Å². The maximum absolute atomic E-state index is 12.2. The minimum absolute atomic E-state index is 0.121. The second-order valence-corrected chi connectivity index (χ2v) is 6.53. The summed E-state index contributed by atoms with van der Waals surface area (Å²) in [6.45, 7) is 1.62. The molecule has 1 unspecified atom stereocenters. The van der Waals surface area contributed by atoms with Gasteiger partial charge in [0.05, 0.1) is 11.3 Å². The normalized spacial score (nSPS) is 21.0. The molecule has 2 aliphatic heterocycles. The van der Waals surface area contributed by atoms with E-state index in [4.69, 9.17) is 5.11 Å². The molecule has 0 saturated heterocycles. The lowest BCUT2D eigenvalue weighted by molar-refractivity contribution is -0.146. The first-order valence-electron chi connectivity index (χ1n) is 6.20. The number of rotatable bonds is 3. The first-order valence-corrected chi connectivity index (χ1v) is 7.81. The largest absolute Gasteiger partial charge is 0.480 e. The van der Waals surface area contributed by atoms with Gasteiger partial charge in [-0.05, 0) is 19.1 Å². The average molecular weight is 313 g/mol. The molecule has 2 aliphatic rings. The van der Waals surface area contributed by atoms with Gasteiger partial charge >= 0.3 is 5.97 Å². The molecule has 0 aromatic carbocycles. The zero-order valence-corrected chi connectivity index (χ0v) is 12.4. The van der Waals surface area contributed by atoms with Crippen molar-refractivity contribution in [2.75, 3.05) is 19.3 Å². The Morgan fingerprint density at radius 3 is 2.71 bits per heavy atom. The molecule has 114 valence electrons. The summed E-state index contributed by atoms with van der Waals surface area (Å²) in [5, 5.41) is 8.92. The van der Waals surface area contributed by atoms with Crippen molar-refractivity contribution in [1.29, 1.82) is 0 Å². The number of amidine groups is 1. The predicted octanol–water partition coefficient (Wildman–Crippen LogP) is -0.584. The Morgan fingerprint density at radius 1 is 1.43 bits per heavy atom. The molecule has 2 heterocycles. The topological polar surface area (TPSA) is 107 Å². The van der Waals surface area contributed by atoms with Gasteiger partial charge in [0.1, 0.15) is 11.9 Å². The van der Waals surface area contributed by atoms with E-state index in [9.17, 15) is 18.0 Å². The van der Waals surface area contributed by atoms with E-state index in [1.807, 2.05) is 0 Å². The lowest BCUT2D eigenvalue weighted by Gasteiger charge is -2.29. The lowest BCUT2D eigenvalue weighted by atomic mass is 10.1. The molecule has 21 heavy (non-hydrogen) atoms. The summed E-state index contributed by atoms with van der Waals surface area (Å²) < 4.78 is 26.4. The molecule has 0 aliphatic carbocycles. The highest BCUT2D eigenvalue weighted by molar-refractivity contribution is 7.90. The van der Waals surface area contributed by atoms with Gasteiger partial charge in [0, 0.05) is 19.8 Å². The van der Waals surface area contributed by atoms with Gasteiger partial charge < -0.3 is 14.9 Å². The van der Waals surface area contributed by atoms with Crippen molar-refractivity contribution in [3.8, 4) is 0 Å². The van der Waals surface area contributed by atoms with E-state index >= 15 is 0 Å². The molecular formula is C12H15N3O5S. The number of hydrogen-bond donors (Lipinski definition) is 1. The smallest absolute Gasteiger partial charge is 0.326 e. The van der Waals surface area contributed by atoms with Crippen molar-refractivity contribution in [3.63, 3.8) is 0 Å². The van der Waals surface area contributed by atoms with Crippen molar-refractivity contribution in [2.24, 2.45) is 4.40 Å². The van der Waals surface area contributed by atoms with E-state index in [0.717, 1.165) is 4.90 Å². The number of fused-ring (bicyclic) bond motifs is 1. The van der Waals surface area contributed by atoms with Gasteiger partial charge in [-0.1, -0.05) is 0 Å². The van der Waals surface area contributed by atoms with Crippen LogP contribution in [0.4, 0.5) is 0 Å². The number of carbonyl (C=O) groups is 2. The quantitative estimate of drug-likeness (QED) is 0.746. The van der Waals surface area contributed by atoms with Crippen molar-refractivity contribution >= 4 is 27.7 Å². The summed E-state index contributed by atoms with van der Waals surface area (Å²) in [5.41, 5.74) is 0.281. The molecule has 0 fully saturated rings. The van der Waals surface area contributed by atoms with Crippen molar-refractivity contribution in [3.05, 3.63) is 23.9 Å². The van der Waals surface area contributed by atoms with Crippen molar-refractivity contribution in [1.82, 2.24) is 9.80 Å². The Balaban J connectivity index is 2.22. The average Bonchev–Trinajstić information content (AvgIpc) is 2.43. The van der Waals surface area contributed by atoms with E-state index in [0.29, 0.717) is 0 Å². The number of likely N-dealkylation sites (N-methyl/N-ethyl adjacent to an activating group) is 1. The summed E-state index contributed by atoms with van der Waals surface area (Å²) in [6.07, 6.45) is 4.35. The Hall–Kier alpha value is -2.16. The Labute approximate surface area is 122 Å². The van der Waals surface area contributed by atoms with Crippen LogP contribution in [0.2, 0.25) is 0 Å².